The topological polar surface area (TPSA) is 59.1 Å². The number of fused-ring (bicyclic) bond motifs is 1. The van der Waals surface area contributed by atoms with Crippen LogP contribution in [0.4, 0.5) is 0 Å². The van der Waals surface area contributed by atoms with Crippen molar-refractivity contribution in [2.24, 2.45) is 5.92 Å². The third-order valence-corrected chi connectivity index (χ3v) is 5.28. The zero-order valence-corrected chi connectivity index (χ0v) is 15.5. The molecule has 3 aromatic rings. The Morgan fingerprint density at radius 2 is 1.77 bits per heavy atom. The van der Waals surface area contributed by atoms with Gasteiger partial charge in [-0.15, -0.1) is 0 Å². The van der Waals surface area contributed by atoms with Crippen molar-refractivity contribution in [1.82, 2.24) is 9.71 Å². The summed E-state index contributed by atoms with van der Waals surface area (Å²) in [6, 6.07) is 16.1. The maximum Gasteiger partial charge on any atom is 0.240 e. The molecule has 0 aliphatic rings. The van der Waals surface area contributed by atoms with E-state index in [9.17, 15) is 8.42 Å². The number of para-hydroxylation sites is 1. The second-order valence-electron chi connectivity index (χ2n) is 6.26. The monoisotopic (exact) mass is 364 g/mol. The van der Waals surface area contributed by atoms with Gasteiger partial charge in [-0.1, -0.05) is 43.9 Å². The average molecular weight is 364 g/mol. The second kappa shape index (κ2) is 7.69. The normalized spacial score (nSPS) is 11.3. The zero-order valence-electron chi connectivity index (χ0n) is 14.7. The van der Waals surface area contributed by atoms with Crippen LogP contribution >= 0.6 is 0 Å². The molecule has 2 aromatic carbocycles. The van der Waals surface area contributed by atoms with E-state index < -0.39 is 10.0 Å². The summed E-state index contributed by atoms with van der Waals surface area (Å²) < 4.78 is 27.8. The molecule has 0 aliphatic carbocycles. The maximum atomic E-state index is 12.6. The molecule has 1 aromatic heterocycles. The molecule has 0 fully saturated rings. The van der Waals surface area contributed by atoms with Gasteiger partial charge in [0.25, 0.3) is 0 Å². The molecule has 0 amide bonds. The number of nitrogens with one attached hydrogen (secondary N) is 1. The van der Waals surface area contributed by atoms with Crippen molar-refractivity contribution in [3.63, 3.8) is 0 Å². The van der Waals surface area contributed by atoms with Crippen LogP contribution < -0.4 is 4.72 Å². The van der Waals surface area contributed by atoms with Crippen LogP contribution in [0.15, 0.2) is 65.7 Å². The van der Waals surface area contributed by atoms with Crippen molar-refractivity contribution in [2.45, 2.75) is 25.3 Å². The van der Waals surface area contributed by atoms with E-state index in [4.69, 9.17) is 0 Å². The highest BCUT2D eigenvalue weighted by Crippen LogP contribution is 2.17. The first-order chi connectivity index (χ1) is 12.5. The third-order valence-electron chi connectivity index (χ3n) is 3.86. The minimum Gasteiger partial charge on any atom is -0.256 e. The van der Waals surface area contributed by atoms with Crippen molar-refractivity contribution in [3.05, 3.63) is 71.9 Å². The predicted octanol–water partition coefficient (Wildman–Crippen LogP) is 3.72. The van der Waals surface area contributed by atoms with Gasteiger partial charge in [-0.25, -0.2) is 13.1 Å². The Labute approximate surface area is 154 Å². The summed E-state index contributed by atoms with van der Waals surface area (Å²) in [7, 11) is -3.59. The van der Waals surface area contributed by atoms with Gasteiger partial charge in [0, 0.05) is 29.6 Å². The number of hydrogen-bond donors (Lipinski definition) is 1. The summed E-state index contributed by atoms with van der Waals surface area (Å²) in [6.07, 6.45) is 1.69. The van der Waals surface area contributed by atoms with E-state index in [0.29, 0.717) is 0 Å². The van der Waals surface area contributed by atoms with Crippen LogP contribution in [0.25, 0.3) is 10.9 Å². The van der Waals surface area contributed by atoms with Crippen LogP contribution in [-0.2, 0) is 16.6 Å². The summed E-state index contributed by atoms with van der Waals surface area (Å²) in [5.74, 6) is 6.36. The van der Waals surface area contributed by atoms with Gasteiger partial charge in [-0.2, -0.15) is 0 Å². The average Bonchev–Trinajstić information content (AvgIpc) is 2.65. The number of aromatic nitrogens is 1. The lowest BCUT2D eigenvalue weighted by molar-refractivity contribution is 0.581. The molecule has 5 heteroatoms. The highest BCUT2D eigenvalue weighted by molar-refractivity contribution is 7.89. The fraction of sp³-hybridized carbons (Fsp3) is 0.190. The summed E-state index contributed by atoms with van der Waals surface area (Å²) in [6.45, 7) is 4.23. The Balaban J connectivity index is 1.78. The molecule has 0 radical (unpaired) electrons. The quantitative estimate of drug-likeness (QED) is 0.718. The molecule has 0 aliphatic heterocycles. The van der Waals surface area contributed by atoms with Gasteiger partial charge < -0.3 is 0 Å². The smallest absolute Gasteiger partial charge is 0.240 e. The molecule has 0 unspecified atom stereocenters. The fourth-order valence-electron chi connectivity index (χ4n) is 2.51. The SMILES string of the molecule is CC(C)C#Cc1ccc(S(=O)(=O)NCc2ccnc3ccccc23)cc1. The predicted molar refractivity (Wildman–Crippen MR) is 104 cm³/mol. The highest BCUT2D eigenvalue weighted by atomic mass is 32.2. The van der Waals surface area contributed by atoms with E-state index in [2.05, 4.69) is 21.5 Å². The Morgan fingerprint density at radius 1 is 1.04 bits per heavy atom. The molecule has 0 saturated heterocycles. The number of hydrogen-bond acceptors (Lipinski definition) is 3. The first-order valence-electron chi connectivity index (χ1n) is 8.39. The molecule has 26 heavy (non-hydrogen) atoms. The van der Waals surface area contributed by atoms with Crippen molar-refractivity contribution >= 4 is 20.9 Å². The van der Waals surface area contributed by atoms with Crippen LogP contribution in [0, 0.1) is 17.8 Å². The van der Waals surface area contributed by atoms with E-state index >= 15 is 0 Å². The van der Waals surface area contributed by atoms with Crippen LogP contribution in [0.2, 0.25) is 0 Å². The Bertz CT molecular complexity index is 1070. The Hall–Kier alpha value is -2.68. The van der Waals surface area contributed by atoms with Gasteiger partial charge in [0.1, 0.15) is 0 Å². The lowest BCUT2D eigenvalue weighted by Gasteiger charge is -2.09. The minimum absolute atomic E-state index is 0.209. The molecule has 0 spiro atoms. The van der Waals surface area contributed by atoms with Gasteiger partial charge in [0.05, 0.1) is 10.4 Å². The van der Waals surface area contributed by atoms with E-state index in [-0.39, 0.29) is 17.4 Å². The van der Waals surface area contributed by atoms with Gasteiger partial charge >= 0.3 is 0 Å². The van der Waals surface area contributed by atoms with Gasteiger partial charge in [0.15, 0.2) is 0 Å². The molecular formula is C21H20N2O2S. The molecule has 0 atom stereocenters. The van der Waals surface area contributed by atoms with E-state index in [0.717, 1.165) is 22.0 Å². The highest BCUT2D eigenvalue weighted by Gasteiger charge is 2.14. The summed E-state index contributed by atoms with van der Waals surface area (Å²) >= 11 is 0. The number of nitrogens with zero attached hydrogens (tertiary/aromatic N) is 1. The molecule has 4 nitrogen and oxygen atoms in total. The lowest BCUT2D eigenvalue weighted by Crippen LogP contribution is -2.23. The second-order valence-corrected chi connectivity index (χ2v) is 8.03. The lowest BCUT2D eigenvalue weighted by atomic mass is 10.1. The maximum absolute atomic E-state index is 12.6. The third kappa shape index (κ3) is 4.29. The number of pyridine rings is 1. The van der Waals surface area contributed by atoms with Gasteiger partial charge in [0.2, 0.25) is 10.0 Å². The van der Waals surface area contributed by atoms with E-state index in [1.54, 1.807) is 30.5 Å². The minimum atomic E-state index is -3.59. The van der Waals surface area contributed by atoms with E-state index in [1.165, 1.54) is 0 Å². The van der Waals surface area contributed by atoms with Gasteiger partial charge in [-0.3, -0.25) is 4.98 Å². The molecule has 0 saturated carbocycles. The van der Waals surface area contributed by atoms with Crippen molar-refractivity contribution in [1.29, 1.82) is 0 Å². The molecule has 1 N–H and O–H groups in total. The largest absolute Gasteiger partial charge is 0.256 e. The Kier molecular flexibility index (Phi) is 5.36. The first-order valence-corrected chi connectivity index (χ1v) is 9.88. The van der Waals surface area contributed by atoms with Crippen LogP contribution in [0.5, 0.6) is 0 Å². The number of benzene rings is 2. The van der Waals surface area contributed by atoms with E-state index in [1.807, 2.05) is 44.2 Å². The fourth-order valence-corrected chi connectivity index (χ4v) is 3.52. The molecule has 1 heterocycles. The summed E-state index contributed by atoms with van der Waals surface area (Å²) in [4.78, 5) is 4.52. The molecule has 132 valence electrons. The van der Waals surface area contributed by atoms with Gasteiger partial charge in [-0.05, 0) is 42.0 Å². The van der Waals surface area contributed by atoms with Crippen LogP contribution in [0.1, 0.15) is 25.0 Å². The summed E-state index contributed by atoms with van der Waals surface area (Å²) in [5.41, 5.74) is 2.54. The van der Waals surface area contributed by atoms with Crippen molar-refractivity contribution < 1.29 is 8.42 Å². The Morgan fingerprint density at radius 3 is 2.50 bits per heavy atom. The molecular weight excluding hydrogens is 344 g/mol. The standard InChI is InChI=1S/C21H20N2O2S/c1-16(2)7-8-17-9-11-19(12-10-17)26(24,25)23-15-18-13-14-22-21-6-4-3-5-20(18)21/h3-6,9-14,16,23H,15H2,1-2H3. The number of sulfonamides is 1. The first kappa shape index (κ1) is 18.1. The number of rotatable bonds is 4. The zero-order chi connectivity index (χ0) is 18.6. The van der Waals surface area contributed by atoms with Crippen LogP contribution in [-0.4, -0.2) is 13.4 Å². The van der Waals surface area contributed by atoms with Crippen molar-refractivity contribution in [2.75, 3.05) is 0 Å². The van der Waals surface area contributed by atoms with Crippen LogP contribution in [0.3, 0.4) is 0 Å². The summed E-state index contributed by atoms with van der Waals surface area (Å²) in [5, 5.41) is 0.942. The van der Waals surface area contributed by atoms with Crippen molar-refractivity contribution in [3.8, 4) is 11.8 Å². The molecule has 3 rings (SSSR count). The molecule has 0 bridgehead atoms.